The Labute approximate surface area is 91.8 Å². The van der Waals surface area contributed by atoms with E-state index in [1.807, 2.05) is 20.9 Å². The number of carbonyl (C=O) groups excluding carboxylic acids is 1. The molecule has 1 fully saturated rings. The van der Waals surface area contributed by atoms with Crippen molar-refractivity contribution in [1.82, 2.24) is 4.90 Å². The molecule has 4 heteroatoms. The molecule has 0 spiro atoms. The molecule has 0 aromatic carbocycles. The van der Waals surface area contributed by atoms with Crippen LogP contribution in [-0.2, 0) is 4.74 Å². The first-order chi connectivity index (χ1) is 7.00. The number of amides is 1. The van der Waals surface area contributed by atoms with Crippen molar-refractivity contribution in [3.8, 4) is 0 Å². The predicted molar refractivity (Wildman–Crippen MR) is 59.6 cm³/mol. The average Bonchev–Trinajstić information content (AvgIpc) is 2.17. The minimum absolute atomic E-state index is 0.0502. The quantitative estimate of drug-likeness (QED) is 0.761. The molecule has 0 aromatic rings. The molecule has 1 aliphatic carbocycles. The Morgan fingerprint density at radius 2 is 1.87 bits per heavy atom. The highest BCUT2D eigenvalue weighted by molar-refractivity contribution is 5.67. The summed E-state index contributed by atoms with van der Waals surface area (Å²) >= 11 is 0. The number of nitrogens with zero attached hydrogens (tertiary/aromatic N) is 1. The highest BCUT2D eigenvalue weighted by Gasteiger charge is 2.26. The molecule has 0 aromatic heterocycles. The summed E-state index contributed by atoms with van der Waals surface area (Å²) in [4.78, 5) is 13.3. The van der Waals surface area contributed by atoms with E-state index in [0.29, 0.717) is 12.1 Å². The Hall–Kier alpha value is -0.770. The van der Waals surface area contributed by atoms with Crippen LogP contribution in [0.5, 0.6) is 0 Å². The maximum absolute atomic E-state index is 11.6. The molecule has 1 rings (SSSR count). The van der Waals surface area contributed by atoms with Crippen molar-refractivity contribution in [2.24, 2.45) is 5.73 Å². The number of ether oxygens (including phenoxy) is 1. The monoisotopic (exact) mass is 214 g/mol. The summed E-state index contributed by atoms with van der Waals surface area (Å²) in [6.07, 6.45) is 3.72. The molecular formula is C11H22N2O2. The lowest BCUT2D eigenvalue weighted by Crippen LogP contribution is -2.42. The van der Waals surface area contributed by atoms with Crippen molar-refractivity contribution in [3.05, 3.63) is 0 Å². The summed E-state index contributed by atoms with van der Waals surface area (Å²) in [5, 5.41) is 0. The van der Waals surface area contributed by atoms with E-state index in [-0.39, 0.29) is 12.2 Å². The summed E-state index contributed by atoms with van der Waals surface area (Å²) < 4.78 is 5.15. The van der Waals surface area contributed by atoms with Crippen LogP contribution in [0.2, 0.25) is 0 Å². The first-order valence-electron chi connectivity index (χ1n) is 5.69. The Morgan fingerprint density at radius 3 is 2.33 bits per heavy atom. The van der Waals surface area contributed by atoms with Gasteiger partial charge in [0.1, 0.15) is 0 Å². The van der Waals surface area contributed by atoms with Crippen LogP contribution in [0.3, 0.4) is 0 Å². The zero-order valence-electron chi connectivity index (χ0n) is 9.90. The molecule has 0 bridgehead atoms. The molecule has 1 saturated carbocycles. The predicted octanol–water partition coefficient (Wildman–Crippen LogP) is 1.73. The van der Waals surface area contributed by atoms with Crippen molar-refractivity contribution in [1.29, 1.82) is 0 Å². The van der Waals surface area contributed by atoms with E-state index in [9.17, 15) is 4.79 Å². The Balaban J connectivity index is 2.39. The number of nitrogens with two attached hydrogens (primary N) is 1. The largest absolute Gasteiger partial charge is 0.447 e. The molecule has 0 heterocycles. The van der Waals surface area contributed by atoms with Gasteiger partial charge < -0.3 is 15.4 Å². The van der Waals surface area contributed by atoms with Gasteiger partial charge in [0.05, 0.1) is 6.10 Å². The van der Waals surface area contributed by atoms with Gasteiger partial charge in [0.15, 0.2) is 0 Å². The van der Waals surface area contributed by atoms with E-state index in [2.05, 4.69) is 0 Å². The van der Waals surface area contributed by atoms with Gasteiger partial charge in [-0.05, 0) is 39.5 Å². The third-order valence-electron chi connectivity index (χ3n) is 2.91. The SMILES string of the molecule is CC(C)OC(=O)N(C)C1CCC(N)CC1. The van der Waals surface area contributed by atoms with Crippen LogP contribution in [0.25, 0.3) is 0 Å². The van der Waals surface area contributed by atoms with Gasteiger partial charge in [-0.2, -0.15) is 0 Å². The van der Waals surface area contributed by atoms with Crippen LogP contribution in [0.15, 0.2) is 0 Å². The summed E-state index contributed by atoms with van der Waals surface area (Å²) in [5.74, 6) is 0. The molecule has 1 aliphatic rings. The molecule has 0 saturated heterocycles. The minimum Gasteiger partial charge on any atom is -0.447 e. The molecule has 88 valence electrons. The first kappa shape index (κ1) is 12.3. The van der Waals surface area contributed by atoms with Crippen LogP contribution in [0.4, 0.5) is 4.79 Å². The number of hydrogen-bond acceptors (Lipinski definition) is 3. The third kappa shape index (κ3) is 3.70. The molecular weight excluding hydrogens is 192 g/mol. The van der Waals surface area contributed by atoms with Crippen molar-refractivity contribution in [2.45, 2.75) is 57.7 Å². The van der Waals surface area contributed by atoms with Crippen molar-refractivity contribution >= 4 is 6.09 Å². The average molecular weight is 214 g/mol. The van der Waals surface area contributed by atoms with E-state index in [4.69, 9.17) is 10.5 Å². The van der Waals surface area contributed by atoms with E-state index in [1.54, 1.807) is 4.90 Å². The van der Waals surface area contributed by atoms with Crippen molar-refractivity contribution in [3.63, 3.8) is 0 Å². The molecule has 4 nitrogen and oxygen atoms in total. The summed E-state index contributed by atoms with van der Waals surface area (Å²) in [6, 6.07) is 0.617. The second-order valence-electron chi connectivity index (χ2n) is 4.61. The van der Waals surface area contributed by atoms with E-state index >= 15 is 0 Å². The maximum Gasteiger partial charge on any atom is 0.410 e. The summed E-state index contributed by atoms with van der Waals surface area (Å²) in [7, 11) is 1.81. The van der Waals surface area contributed by atoms with Gasteiger partial charge in [0.25, 0.3) is 0 Å². The molecule has 0 aliphatic heterocycles. The van der Waals surface area contributed by atoms with Crippen LogP contribution < -0.4 is 5.73 Å². The number of carbonyl (C=O) groups is 1. The van der Waals surface area contributed by atoms with Crippen LogP contribution in [0, 0.1) is 0 Å². The smallest absolute Gasteiger partial charge is 0.410 e. The third-order valence-corrected chi connectivity index (χ3v) is 2.91. The number of hydrogen-bond donors (Lipinski definition) is 1. The lowest BCUT2D eigenvalue weighted by Gasteiger charge is -2.33. The highest BCUT2D eigenvalue weighted by Crippen LogP contribution is 2.21. The first-order valence-corrected chi connectivity index (χ1v) is 5.69. The van der Waals surface area contributed by atoms with Crippen LogP contribution >= 0.6 is 0 Å². The minimum atomic E-state index is -0.217. The van der Waals surface area contributed by atoms with Crippen LogP contribution in [0.1, 0.15) is 39.5 Å². The van der Waals surface area contributed by atoms with E-state index < -0.39 is 0 Å². The van der Waals surface area contributed by atoms with Crippen molar-refractivity contribution < 1.29 is 9.53 Å². The number of rotatable bonds is 2. The Morgan fingerprint density at radius 1 is 1.33 bits per heavy atom. The molecule has 0 atom stereocenters. The molecule has 0 unspecified atom stereocenters. The van der Waals surface area contributed by atoms with Gasteiger partial charge in [-0.1, -0.05) is 0 Å². The fraction of sp³-hybridized carbons (Fsp3) is 0.909. The van der Waals surface area contributed by atoms with Gasteiger partial charge in [-0.25, -0.2) is 4.79 Å². The van der Waals surface area contributed by atoms with Gasteiger partial charge in [0.2, 0.25) is 0 Å². The Kier molecular flexibility index (Phi) is 4.39. The lowest BCUT2D eigenvalue weighted by atomic mass is 9.91. The van der Waals surface area contributed by atoms with Gasteiger partial charge in [-0.3, -0.25) is 0 Å². The zero-order chi connectivity index (χ0) is 11.4. The van der Waals surface area contributed by atoms with Gasteiger partial charge >= 0.3 is 6.09 Å². The van der Waals surface area contributed by atoms with E-state index in [0.717, 1.165) is 25.7 Å². The summed E-state index contributed by atoms with van der Waals surface area (Å²) in [6.45, 7) is 3.73. The van der Waals surface area contributed by atoms with Crippen molar-refractivity contribution in [2.75, 3.05) is 7.05 Å². The highest BCUT2D eigenvalue weighted by atomic mass is 16.6. The summed E-state index contributed by atoms with van der Waals surface area (Å²) in [5.41, 5.74) is 5.82. The van der Waals surface area contributed by atoms with Gasteiger partial charge in [-0.15, -0.1) is 0 Å². The molecule has 1 amide bonds. The fourth-order valence-corrected chi connectivity index (χ4v) is 1.92. The normalized spacial score (nSPS) is 26.5. The van der Waals surface area contributed by atoms with E-state index in [1.165, 1.54) is 0 Å². The second kappa shape index (κ2) is 5.35. The molecule has 0 radical (unpaired) electrons. The lowest BCUT2D eigenvalue weighted by molar-refractivity contribution is 0.0653. The molecule has 2 N–H and O–H groups in total. The second-order valence-corrected chi connectivity index (χ2v) is 4.61. The Bertz CT molecular complexity index is 211. The standard InChI is InChI=1S/C11H22N2O2/c1-8(2)15-11(14)13(3)10-6-4-9(12)5-7-10/h8-10H,4-7,12H2,1-3H3. The fourth-order valence-electron chi connectivity index (χ4n) is 1.92. The van der Waals surface area contributed by atoms with Crippen LogP contribution in [-0.4, -0.2) is 36.2 Å². The van der Waals surface area contributed by atoms with Gasteiger partial charge in [0, 0.05) is 19.1 Å². The maximum atomic E-state index is 11.6. The molecule has 15 heavy (non-hydrogen) atoms. The topological polar surface area (TPSA) is 55.6 Å². The zero-order valence-corrected chi connectivity index (χ0v) is 9.90.